The van der Waals surface area contributed by atoms with Crippen LogP contribution >= 0.6 is 0 Å². The Balaban J connectivity index is 1.64. The Labute approximate surface area is 173 Å². The zero-order valence-corrected chi connectivity index (χ0v) is 16.8. The third kappa shape index (κ3) is 3.39. The van der Waals surface area contributed by atoms with Gasteiger partial charge in [-0.1, -0.05) is 12.5 Å². The smallest absolute Gasteiger partial charge is 0.226 e. The molecule has 2 aromatic carbocycles. The summed E-state index contributed by atoms with van der Waals surface area (Å²) in [6.45, 7) is 1.90. The number of para-hydroxylation sites is 1. The van der Waals surface area contributed by atoms with E-state index in [4.69, 9.17) is 19.8 Å². The van der Waals surface area contributed by atoms with Crippen LogP contribution in [-0.4, -0.2) is 50.9 Å². The first-order valence-electron chi connectivity index (χ1n) is 10.2. The molecule has 30 heavy (non-hydrogen) atoms. The molecular formula is C22H24N6O2. The first-order valence-corrected chi connectivity index (χ1v) is 10.2. The zero-order chi connectivity index (χ0) is 20.5. The van der Waals surface area contributed by atoms with Crippen LogP contribution in [0.2, 0.25) is 0 Å². The number of nitrogens with zero attached hydrogens (tertiary/aromatic N) is 4. The van der Waals surface area contributed by atoms with E-state index in [0.717, 1.165) is 42.6 Å². The summed E-state index contributed by atoms with van der Waals surface area (Å²) in [7, 11) is 1.64. The quantitative estimate of drug-likeness (QED) is 0.481. The monoisotopic (exact) mass is 404 g/mol. The lowest BCUT2D eigenvalue weighted by atomic mass is 10.1. The Kier molecular flexibility index (Phi) is 4.84. The molecule has 0 radical (unpaired) electrons. The highest BCUT2D eigenvalue weighted by Gasteiger charge is 2.19. The second-order valence-electron chi connectivity index (χ2n) is 7.55. The SMILES string of the molecule is COc1ccc(-c2nc3c4cccc(O)c4nc(N[C@@H]4CCCCNC4)n3n2)cc1. The summed E-state index contributed by atoms with van der Waals surface area (Å²) in [5.41, 5.74) is 2.06. The van der Waals surface area contributed by atoms with Crippen LogP contribution in [0.1, 0.15) is 19.3 Å². The van der Waals surface area contributed by atoms with E-state index in [9.17, 15) is 5.11 Å². The van der Waals surface area contributed by atoms with E-state index in [0.29, 0.717) is 22.9 Å². The first-order chi connectivity index (χ1) is 14.7. The molecule has 0 aliphatic carbocycles. The largest absolute Gasteiger partial charge is 0.506 e. The van der Waals surface area contributed by atoms with Crippen molar-refractivity contribution in [3.63, 3.8) is 0 Å². The fraction of sp³-hybridized carbons (Fsp3) is 0.318. The lowest BCUT2D eigenvalue weighted by Gasteiger charge is -2.18. The number of phenolic OH excluding ortho intramolecular Hbond substituents is 1. The van der Waals surface area contributed by atoms with E-state index >= 15 is 0 Å². The van der Waals surface area contributed by atoms with Gasteiger partial charge in [-0.05, 0) is 55.8 Å². The minimum absolute atomic E-state index is 0.131. The standard InChI is InChI=1S/C22H24N6O2/c1-30-16-10-8-14(9-11-16)20-26-21-17-6-4-7-18(29)19(17)25-22(28(21)27-20)24-15-5-2-3-12-23-13-15/h4,6-11,15,23,29H,2-3,5,12-13H2,1H3,(H,24,25)/t15-/m1/s1. The maximum absolute atomic E-state index is 10.4. The second kappa shape index (κ2) is 7.79. The van der Waals surface area contributed by atoms with Crippen molar-refractivity contribution in [3.05, 3.63) is 42.5 Å². The van der Waals surface area contributed by atoms with Crippen molar-refractivity contribution in [2.75, 3.05) is 25.5 Å². The summed E-state index contributed by atoms with van der Waals surface area (Å²) < 4.78 is 6.99. The third-order valence-electron chi connectivity index (χ3n) is 5.51. The van der Waals surface area contributed by atoms with Crippen molar-refractivity contribution >= 4 is 22.5 Å². The Hall–Kier alpha value is -3.39. The average molecular weight is 404 g/mol. The van der Waals surface area contributed by atoms with Crippen molar-refractivity contribution in [3.8, 4) is 22.9 Å². The molecule has 1 atom stereocenters. The van der Waals surface area contributed by atoms with Gasteiger partial charge in [0, 0.05) is 23.5 Å². The Bertz CT molecular complexity index is 1180. The van der Waals surface area contributed by atoms with Crippen molar-refractivity contribution < 1.29 is 9.84 Å². The second-order valence-corrected chi connectivity index (χ2v) is 7.55. The molecule has 0 unspecified atom stereocenters. The van der Waals surface area contributed by atoms with E-state index in [1.807, 2.05) is 30.3 Å². The molecular weight excluding hydrogens is 380 g/mol. The number of hydrogen-bond donors (Lipinski definition) is 3. The maximum atomic E-state index is 10.4. The number of aromatic hydroxyl groups is 1. The molecule has 154 valence electrons. The van der Waals surface area contributed by atoms with Crippen molar-refractivity contribution in [2.24, 2.45) is 0 Å². The van der Waals surface area contributed by atoms with Gasteiger partial charge < -0.3 is 20.5 Å². The van der Waals surface area contributed by atoms with Gasteiger partial charge in [0.2, 0.25) is 5.95 Å². The molecule has 3 N–H and O–H groups in total. The molecule has 0 spiro atoms. The molecule has 8 heteroatoms. The van der Waals surface area contributed by atoms with Crippen LogP contribution in [0.5, 0.6) is 11.5 Å². The van der Waals surface area contributed by atoms with Crippen LogP contribution in [0, 0.1) is 0 Å². The number of methoxy groups -OCH3 is 1. The van der Waals surface area contributed by atoms with Gasteiger partial charge in [0.15, 0.2) is 11.5 Å². The molecule has 0 bridgehead atoms. The molecule has 3 heterocycles. The highest BCUT2D eigenvalue weighted by Crippen LogP contribution is 2.30. The predicted octanol–water partition coefficient (Wildman–Crippen LogP) is 3.21. The van der Waals surface area contributed by atoms with Crippen LogP contribution in [-0.2, 0) is 0 Å². The normalized spacial score (nSPS) is 17.2. The van der Waals surface area contributed by atoms with Crippen LogP contribution in [0.25, 0.3) is 27.9 Å². The molecule has 4 aromatic rings. The lowest BCUT2D eigenvalue weighted by molar-refractivity contribution is 0.415. The molecule has 1 aliphatic heterocycles. The molecule has 1 fully saturated rings. The summed E-state index contributed by atoms with van der Waals surface area (Å²) in [4.78, 5) is 9.50. The number of anilines is 1. The number of nitrogens with one attached hydrogen (secondary N) is 2. The first kappa shape index (κ1) is 18.6. The van der Waals surface area contributed by atoms with E-state index < -0.39 is 0 Å². The molecule has 0 saturated carbocycles. The number of ether oxygens (including phenoxy) is 1. The average Bonchev–Trinajstić information content (AvgIpc) is 3.07. The van der Waals surface area contributed by atoms with Crippen LogP contribution in [0.15, 0.2) is 42.5 Å². The van der Waals surface area contributed by atoms with Crippen molar-refractivity contribution in [1.82, 2.24) is 24.9 Å². The molecule has 0 amide bonds. The number of phenols is 1. The van der Waals surface area contributed by atoms with E-state index in [1.54, 1.807) is 23.8 Å². The van der Waals surface area contributed by atoms with Gasteiger partial charge in [0.05, 0.1) is 7.11 Å². The number of rotatable bonds is 4. The molecule has 1 aliphatic rings. The molecule has 1 saturated heterocycles. The highest BCUT2D eigenvalue weighted by atomic mass is 16.5. The minimum Gasteiger partial charge on any atom is -0.506 e. The molecule has 2 aromatic heterocycles. The van der Waals surface area contributed by atoms with E-state index in [-0.39, 0.29) is 11.8 Å². The van der Waals surface area contributed by atoms with Crippen molar-refractivity contribution in [1.29, 1.82) is 0 Å². The van der Waals surface area contributed by atoms with E-state index in [1.165, 1.54) is 6.42 Å². The van der Waals surface area contributed by atoms with E-state index in [2.05, 4.69) is 10.6 Å². The van der Waals surface area contributed by atoms with Gasteiger partial charge in [0.25, 0.3) is 0 Å². The highest BCUT2D eigenvalue weighted by molar-refractivity contribution is 5.96. The number of benzene rings is 2. The number of fused-ring (bicyclic) bond motifs is 3. The summed E-state index contributed by atoms with van der Waals surface area (Å²) in [6, 6.07) is 13.2. The Morgan fingerprint density at radius 2 is 2.00 bits per heavy atom. The fourth-order valence-corrected chi connectivity index (χ4v) is 3.90. The van der Waals surface area contributed by atoms with Gasteiger partial charge >= 0.3 is 0 Å². The van der Waals surface area contributed by atoms with Crippen LogP contribution in [0.3, 0.4) is 0 Å². The van der Waals surface area contributed by atoms with Gasteiger partial charge in [0.1, 0.15) is 17.0 Å². The summed E-state index contributed by atoms with van der Waals surface area (Å²) in [5.74, 6) is 2.09. The number of hydrogen-bond acceptors (Lipinski definition) is 7. The Morgan fingerprint density at radius 3 is 2.83 bits per heavy atom. The van der Waals surface area contributed by atoms with Crippen LogP contribution in [0.4, 0.5) is 5.95 Å². The van der Waals surface area contributed by atoms with Gasteiger partial charge in [-0.15, -0.1) is 5.10 Å². The summed E-state index contributed by atoms with van der Waals surface area (Å²) >= 11 is 0. The van der Waals surface area contributed by atoms with Gasteiger partial charge in [-0.3, -0.25) is 0 Å². The summed E-state index contributed by atoms with van der Waals surface area (Å²) in [6.07, 6.45) is 3.38. The topological polar surface area (TPSA) is 96.6 Å². The number of aromatic nitrogens is 4. The fourth-order valence-electron chi connectivity index (χ4n) is 3.90. The maximum Gasteiger partial charge on any atom is 0.226 e. The minimum atomic E-state index is 0.131. The van der Waals surface area contributed by atoms with Gasteiger partial charge in [-0.25, -0.2) is 9.97 Å². The van der Waals surface area contributed by atoms with Crippen molar-refractivity contribution in [2.45, 2.75) is 25.3 Å². The molecule has 5 rings (SSSR count). The lowest BCUT2D eigenvalue weighted by Crippen LogP contribution is -2.32. The third-order valence-corrected chi connectivity index (χ3v) is 5.51. The summed E-state index contributed by atoms with van der Waals surface area (Å²) in [5, 5.41) is 22.9. The predicted molar refractivity (Wildman–Crippen MR) is 116 cm³/mol. The van der Waals surface area contributed by atoms with Crippen LogP contribution < -0.4 is 15.4 Å². The zero-order valence-electron chi connectivity index (χ0n) is 16.8. The molecule has 8 nitrogen and oxygen atoms in total. The Morgan fingerprint density at radius 1 is 1.13 bits per heavy atom. The van der Waals surface area contributed by atoms with Gasteiger partial charge in [-0.2, -0.15) is 4.52 Å².